The van der Waals surface area contributed by atoms with Crippen molar-refractivity contribution in [3.63, 3.8) is 0 Å². The Morgan fingerprint density at radius 2 is 0.907 bits per heavy atom. The molecular weight excluding hydrogens is 552 g/mol. The zero-order chi connectivity index (χ0) is 30.7. The Morgan fingerprint density at radius 3 is 1.33 bits per heavy atom. The van der Waals surface area contributed by atoms with Crippen LogP contribution in [0.4, 0.5) is 4.79 Å². The van der Waals surface area contributed by atoms with Gasteiger partial charge in [0.05, 0.1) is 6.61 Å². The minimum absolute atomic E-state index is 0.244. The van der Waals surface area contributed by atoms with E-state index >= 15 is 0 Å². The molecule has 0 aliphatic carbocycles. The summed E-state index contributed by atoms with van der Waals surface area (Å²) in [7, 11) is -1.88. The lowest BCUT2D eigenvalue weighted by molar-refractivity contribution is 0.152. The van der Waals surface area contributed by atoms with Crippen LogP contribution >= 0.6 is 0 Å². The summed E-state index contributed by atoms with van der Waals surface area (Å²) in [6, 6.07) is 33.0. The molecule has 224 valence electrons. The lowest BCUT2D eigenvalue weighted by Crippen LogP contribution is -2.34. The highest BCUT2D eigenvalue weighted by atomic mass is 28.4. The van der Waals surface area contributed by atoms with Gasteiger partial charge in [-0.25, -0.2) is 4.79 Å². The Bertz CT molecular complexity index is 1520. The molecule has 0 spiro atoms. The number of carbonyl (C=O) groups excluding carboxylic acids is 1. The number of rotatable bonds is 0. The topological polar surface area (TPSA) is 54.0 Å². The zero-order valence-electron chi connectivity index (χ0n) is 26.1. The third-order valence-corrected chi connectivity index (χ3v) is 10.9. The molecule has 7 aliphatic heterocycles. The van der Waals surface area contributed by atoms with E-state index in [2.05, 4.69) is 77.2 Å². The molecule has 0 amide bonds. The Kier molecular flexibility index (Phi) is 8.70. The van der Waals surface area contributed by atoms with Crippen molar-refractivity contribution in [1.82, 2.24) is 0 Å². The first-order chi connectivity index (χ1) is 20.4. The van der Waals surface area contributed by atoms with Crippen molar-refractivity contribution in [3.8, 4) is 23.0 Å². The third kappa shape index (κ3) is 7.31. The van der Waals surface area contributed by atoms with E-state index in [1.165, 1.54) is 11.1 Å². The Balaban J connectivity index is 1.38. The first-order valence-corrected chi connectivity index (χ1v) is 18.2. The minimum Gasteiger partial charge on any atom is -0.544 e. The smallest absolute Gasteiger partial charge is 0.519 e. The van der Waals surface area contributed by atoms with E-state index in [9.17, 15) is 4.79 Å². The molecule has 0 saturated heterocycles. The molecule has 7 aliphatic rings. The Hall–Kier alpha value is -4.03. The van der Waals surface area contributed by atoms with Crippen LogP contribution < -0.4 is 18.6 Å². The molecule has 6 heteroatoms. The normalized spacial score (nSPS) is 18.0. The molecule has 4 aromatic carbocycles. The summed E-state index contributed by atoms with van der Waals surface area (Å²) in [6.07, 6.45) is 1.28. The summed E-state index contributed by atoms with van der Waals surface area (Å²) in [5, 5.41) is 0. The maximum atomic E-state index is 12.6. The first-order valence-electron chi connectivity index (χ1n) is 15.1. The molecule has 0 atom stereocenters. The summed E-state index contributed by atoms with van der Waals surface area (Å²) < 4.78 is 23.5. The fourth-order valence-corrected chi connectivity index (χ4v) is 7.52. The number of benzene rings is 4. The number of ether oxygens (including phenoxy) is 3. The average Bonchev–Trinajstić information content (AvgIpc) is 2.97. The van der Waals surface area contributed by atoms with Gasteiger partial charge in [0, 0.05) is 10.8 Å². The van der Waals surface area contributed by atoms with Crippen LogP contribution in [0, 0.1) is 0 Å². The molecule has 0 radical (unpaired) electrons. The maximum Gasteiger partial charge on any atom is 0.519 e. The highest BCUT2D eigenvalue weighted by Gasteiger charge is 2.27. The van der Waals surface area contributed by atoms with Gasteiger partial charge < -0.3 is 18.6 Å². The quantitative estimate of drug-likeness (QED) is 0.115. The van der Waals surface area contributed by atoms with Crippen LogP contribution in [0.25, 0.3) is 0 Å². The second-order valence-corrected chi connectivity index (χ2v) is 17.2. The molecule has 4 aromatic rings. The van der Waals surface area contributed by atoms with E-state index in [1.807, 2.05) is 36.4 Å². The summed E-state index contributed by atoms with van der Waals surface area (Å²) in [6.45, 7) is 14.0. The maximum absolute atomic E-state index is 12.6. The van der Waals surface area contributed by atoms with Crippen molar-refractivity contribution in [1.29, 1.82) is 0 Å². The van der Waals surface area contributed by atoms with Gasteiger partial charge in [-0.2, -0.15) is 0 Å². The molecule has 43 heavy (non-hydrogen) atoms. The average molecular weight is 595 g/mol. The lowest BCUT2D eigenvalue weighted by Gasteiger charge is -2.28. The summed E-state index contributed by atoms with van der Waals surface area (Å²) >= 11 is 0. The second kappa shape index (κ2) is 12.3. The standard InChI is InChI=1S/C37H42O5Si/c1-36(2)27-9-17-31(18-10-27)39-25-7-8-26-43(5,6)42-34-23-15-30(16-24-34)37(3,4)29-13-21-33(22-14-29)41-35(38)40-32-19-11-28(36)12-20-32/h9-24H,7-8,25-26H2,1-6H3. The van der Waals surface area contributed by atoms with Gasteiger partial charge in [-0.1, -0.05) is 76.2 Å². The molecule has 0 unspecified atom stereocenters. The fraction of sp³-hybridized carbons (Fsp3) is 0.324. The number of hydrogen-bond donors (Lipinski definition) is 0. The largest absolute Gasteiger partial charge is 0.544 e. The Labute approximate surface area is 256 Å². The van der Waals surface area contributed by atoms with E-state index in [4.69, 9.17) is 18.6 Å². The highest BCUT2D eigenvalue weighted by molar-refractivity contribution is 6.71. The van der Waals surface area contributed by atoms with Gasteiger partial charge in [-0.05, 0) is 103 Å². The van der Waals surface area contributed by atoms with Crippen LogP contribution in [0.3, 0.4) is 0 Å². The van der Waals surface area contributed by atoms with Crippen LogP contribution in [0.2, 0.25) is 19.1 Å². The minimum atomic E-state index is -1.88. The predicted octanol–water partition coefficient (Wildman–Crippen LogP) is 9.67. The van der Waals surface area contributed by atoms with Crippen molar-refractivity contribution in [2.45, 2.75) is 70.5 Å². The molecule has 5 nitrogen and oxygen atoms in total. The van der Waals surface area contributed by atoms with Gasteiger partial charge >= 0.3 is 6.16 Å². The molecule has 11 rings (SSSR count). The third-order valence-electron chi connectivity index (χ3n) is 8.54. The van der Waals surface area contributed by atoms with Gasteiger partial charge in [-0.15, -0.1) is 0 Å². The van der Waals surface area contributed by atoms with E-state index in [0.29, 0.717) is 18.1 Å². The van der Waals surface area contributed by atoms with Gasteiger partial charge in [0.2, 0.25) is 8.32 Å². The van der Waals surface area contributed by atoms with Crippen molar-refractivity contribution in [3.05, 3.63) is 119 Å². The molecule has 0 aromatic heterocycles. The SMILES string of the molecule is CC1(C)c2ccc(cc2)OCCCC[Si](C)(C)Oc2ccc(cc2)C(C)(C)c2ccc(cc2)OC(=O)Oc2ccc1cc2. The van der Waals surface area contributed by atoms with E-state index in [0.717, 1.165) is 41.5 Å². The number of carbonyl (C=O) groups is 1. The number of hydrogen-bond acceptors (Lipinski definition) is 5. The van der Waals surface area contributed by atoms with Gasteiger partial charge in [0.1, 0.15) is 23.0 Å². The van der Waals surface area contributed by atoms with Crippen molar-refractivity contribution >= 4 is 14.5 Å². The monoisotopic (exact) mass is 594 g/mol. The van der Waals surface area contributed by atoms with Crippen molar-refractivity contribution in [2.24, 2.45) is 0 Å². The fourth-order valence-electron chi connectivity index (χ4n) is 5.55. The van der Waals surface area contributed by atoms with Crippen LogP contribution in [0.5, 0.6) is 23.0 Å². The van der Waals surface area contributed by atoms with Gasteiger partial charge in [0.25, 0.3) is 0 Å². The summed E-state index contributed by atoms with van der Waals surface area (Å²) in [5.74, 6) is 2.65. The highest BCUT2D eigenvalue weighted by Crippen LogP contribution is 2.35. The first kappa shape index (κ1) is 30.4. The van der Waals surface area contributed by atoms with Crippen LogP contribution in [-0.4, -0.2) is 21.1 Å². The second-order valence-electron chi connectivity index (χ2n) is 13.0. The van der Waals surface area contributed by atoms with E-state index in [-0.39, 0.29) is 10.8 Å². The zero-order valence-corrected chi connectivity index (χ0v) is 27.1. The van der Waals surface area contributed by atoms with Crippen molar-refractivity contribution in [2.75, 3.05) is 6.61 Å². The van der Waals surface area contributed by atoms with Gasteiger partial charge in [0.15, 0.2) is 0 Å². The predicted molar refractivity (Wildman–Crippen MR) is 174 cm³/mol. The molecule has 0 N–H and O–H groups in total. The van der Waals surface area contributed by atoms with Crippen LogP contribution in [0.15, 0.2) is 97.1 Å². The molecule has 8 bridgehead atoms. The lowest BCUT2D eigenvalue weighted by atomic mass is 9.78. The van der Waals surface area contributed by atoms with Crippen LogP contribution in [0.1, 0.15) is 62.8 Å². The van der Waals surface area contributed by atoms with E-state index in [1.54, 1.807) is 24.3 Å². The van der Waals surface area contributed by atoms with Gasteiger partial charge in [-0.3, -0.25) is 0 Å². The summed E-state index contributed by atoms with van der Waals surface area (Å²) in [5.41, 5.74) is 4.08. The Morgan fingerprint density at radius 1 is 0.535 bits per heavy atom. The van der Waals surface area contributed by atoms with E-state index < -0.39 is 14.5 Å². The van der Waals surface area contributed by atoms with Crippen LogP contribution in [-0.2, 0) is 10.8 Å². The van der Waals surface area contributed by atoms with Crippen molar-refractivity contribution < 1.29 is 23.4 Å². The molecule has 7 heterocycles. The molecule has 0 saturated carbocycles. The molecule has 0 fully saturated rings. The molecular formula is C37H42O5Si. The summed E-state index contributed by atoms with van der Waals surface area (Å²) in [4.78, 5) is 12.6.